The van der Waals surface area contributed by atoms with Crippen molar-refractivity contribution in [3.05, 3.63) is 51.4 Å². The zero-order valence-electron chi connectivity index (χ0n) is 15.2. The van der Waals surface area contributed by atoms with E-state index < -0.39 is 29.8 Å². The first-order valence-corrected chi connectivity index (χ1v) is 8.19. The smallest absolute Gasteiger partial charge is 0.387 e. The fourth-order valence-corrected chi connectivity index (χ4v) is 2.79. The topological polar surface area (TPSA) is 100 Å². The highest BCUT2D eigenvalue weighted by atomic mass is 19.3. The van der Waals surface area contributed by atoms with Crippen LogP contribution in [0.25, 0.3) is 11.2 Å². The van der Waals surface area contributed by atoms with E-state index in [1.807, 2.05) is 0 Å². The molecule has 0 radical (unpaired) electrons. The Labute approximate surface area is 156 Å². The quantitative estimate of drug-likeness (QED) is 0.703. The molecular weight excluding hydrogens is 376 g/mol. The molecule has 3 aromatic rings. The van der Waals surface area contributed by atoms with Gasteiger partial charge in [0.15, 0.2) is 11.2 Å². The van der Waals surface area contributed by atoms with Crippen LogP contribution in [0.2, 0.25) is 0 Å². The highest BCUT2D eigenvalue weighted by molar-refractivity contribution is 5.95. The number of carbonyl (C=O) groups excluding carboxylic acids is 1. The van der Waals surface area contributed by atoms with Crippen molar-refractivity contribution in [2.24, 2.45) is 14.1 Å². The summed E-state index contributed by atoms with van der Waals surface area (Å²) in [7, 11) is 2.79. The number of amides is 1. The van der Waals surface area contributed by atoms with Crippen molar-refractivity contribution >= 4 is 22.8 Å². The average molecular weight is 393 g/mol. The number of ether oxygens (including phenoxy) is 1. The molecule has 0 bridgehead atoms. The van der Waals surface area contributed by atoms with Crippen LogP contribution in [0.5, 0.6) is 5.75 Å². The third-order valence-corrected chi connectivity index (χ3v) is 4.33. The van der Waals surface area contributed by atoms with Crippen LogP contribution in [0.15, 0.2) is 40.2 Å². The number of benzene rings is 1. The predicted molar refractivity (Wildman–Crippen MR) is 96.6 cm³/mol. The van der Waals surface area contributed by atoms with E-state index in [0.717, 1.165) is 4.57 Å². The summed E-state index contributed by atoms with van der Waals surface area (Å²) in [6, 6.07) is 4.83. The van der Waals surface area contributed by atoms with Crippen LogP contribution in [0.1, 0.15) is 13.0 Å². The number of aryl methyl sites for hydroxylation is 1. The number of hydrogen-bond acceptors (Lipinski definition) is 5. The van der Waals surface area contributed by atoms with E-state index in [9.17, 15) is 23.2 Å². The first kappa shape index (κ1) is 19.3. The van der Waals surface area contributed by atoms with E-state index in [4.69, 9.17) is 0 Å². The van der Waals surface area contributed by atoms with Crippen LogP contribution in [-0.2, 0) is 18.9 Å². The number of para-hydroxylation sites is 2. The molecule has 0 fully saturated rings. The monoisotopic (exact) mass is 393 g/mol. The van der Waals surface area contributed by atoms with Gasteiger partial charge in [0.1, 0.15) is 11.8 Å². The van der Waals surface area contributed by atoms with E-state index in [1.54, 1.807) is 6.07 Å². The Hall–Kier alpha value is -3.50. The third-order valence-electron chi connectivity index (χ3n) is 4.33. The summed E-state index contributed by atoms with van der Waals surface area (Å²) >= 11 is 0. The summed E-state index contributed by atoms with van der Waals surface area (Å²) in [5, 5.41) is 2.51. The summed E-state index contributed by atoms with van der Waals surface area (Å²) in [6.45, 7) is -1.53. The molecule has 1 atom stereocenters. The number of aromatic nitrogens is 4. The zero-order valence-corrected chi connectivity index (χ0v) is 15.2. The molecule has 2 aromatic heterocycles. The van der Waals surface area contributed by atoms with Gasteiger partial charge >= 0.3 is 12.3 Å². The fourth-order valence-electron chi connectivity index (χ4n) is 2.79. The molecule has 1 N–H and O–H groups in total. The molecule has 0 aliphatic carbocycles. The molecule has 2 heterocycles. The molecule has 0 aliphatic heterocycles. The number of nitrogens with zero attached hydrogens (tertiary/aromatic N) is 4. The Bertz CT molecular complexity index is 1160. The van der Waals surface area contributed by atoms with Crippen molar-refractivity contribution in [2.45, 2.75) is 19.6 Å². The molecule has 1 amide bonds. The van der Waals surface area contributed by atoms with Crippen molar-refractivity contribution in [3.8, 4) is 5.75 Å². The Kier molecular flexibility index (Phi) is 4.99. The minimum absolute atomic E-state index is 0.0596. The van der Waals surface area contributed by atoms with Crippen molar-refractivity contribution in [1.29, 1.82) is 0 Å². The van der Waals surface area contributed by atoms with Crippen LogP contribution in [0.4, 0.5) is 14.5 Å². The highest BCUT2D eigenvalue weighted by Crippen LogP contribution is 2.26. The normalized spacial score (nSPS) is 12.4. The van der Waals surface area contributed by atoms with Gasteiger partial charge in [0, 0.05) is 14.1 Å². The second kappa shape index (κ2) is 7.25. The number of imidazole rings is 1. The lowest BCUT2D eigenvalue weighted by molar-refractivity contribution is -0.118. The minimum atomic E-state index is -3.04. The van der Waals surface area contributed by atoms with Gasteiger partial charge in [0.25, 0.3) is 5.56 Å². The lowest BCUT2D eigenvalue weighted by Gasteiger charge is -2.16. The maximum absolute atomic E-state index is 12.7. The standard InChI is InChI=1S/C17H17F2N5O4/c1-9(14(25)21-10-6-4-5-7-11(10)28-16(18)19)24-8-20-13-12(24)15(26)23(3)17(27)22(13)2/h4-9,16H,1-3H3,(H,21,25). The molecule has 1 aromatic carbocycles. The van der Waals surface area contributed by atoms with Crippen molar-refractivity contribution in [1.82, 2.24) is 18.7 Å². The number of fused-ring (bicyclic) bond motifs is 1. The van der Waals surface area contributed by atoms with Gasteiger partial charge in [-0.1, -0.05) is 12.1 Å². The van der Waals surface area contributed by atoms with Crippen LogP contribution < -0.4 is 21.3 Å². The molecule has 0 aliphatic rings. The number of rotatable bonds is 5. The Morgan fingerprint density at radius 2 is 1.86 bits per heavy atom. The Morgan fingerprint density at radius 1 is 1.18 bits per heavy atom. The second-order valence-electron chi connectivity index (χ2n) is 6.07. The first-order valence-electron chi connectivity index (χ1n) is 8.19. The number of nitrogens with one attached hydrogen (secondary N) is 1. The number of halogens is 2. The Morgan fingerprint density at radius 3 is 2.54 bits per heavy atom. The van der Waals surface area contributed by atoms with Crippen LogP contribution in [0.3, 0.4) is 0 Å². The Balaban J connectivity index is 1.98. The molecule has 0 spiro atoms. The van der Waals surface area contributed by atoms with Crippen LogP contribution >= 0.6 is 0 Å². The molecular formula is C17H17F2N5O4. The molecule has 0 saturated carbocycles. The molecule has 148 valence electrons. The summed E-state index contributed by atoms with van der Waals surface area (Å²) in [6.07, 6.45) is 1.28. The number of carbonyl (C=O) groups is 1. The molecule has 3 rings (SSSR count). The first-order chi connectivity index (χ1) is 13.2. The lowest BCUT2D eigenvalue weighted by Crippen LogP contribution is -2.38. The summed E-state index contributed by atoms with van der Waals surface area (Å²) < 4.78 is 32.9. The second-order valence-corrected chi connectivity index (χ2v) is 6.07. The van der Waals surface area contributed by atoms with Gasteiger partial charge in [-0.05, 0) is 19.1 Å². The highest BCUT2D eigenvalue weighted by Gasteiger charge is 2.23. The van der Waals surface area contributed by atoms with E-state index in [2.05, 4.69) is 15.0 Å². The summed E-state index contributed by atoms with van der Waals surface area (Å²) in [4.78, 5) is 41.2. The number of hydrogen-bond donors (Lipinski definition) is 1. The summed E-state index contributed by atoms with van der Waals surface area (Å²) in [5.41, 5.74) is -0.877. The van der Waals surface area contributed by atoms with Gasteiger partial charge in [-0.3, -0.25) is 18.7 Å². The molecule has 1 unspecified atom stereocenters. The SMILES string of the molecule is CC(C(=O)Nc1ccccc1OC(F)F)n1cnc2c1c(=O)n(C)c(=O)n2C. The van der Waals surface area contributed by atoms with Crippen molar-refractivity contribution in [2.75, 3.05) is 5.32 Å². The maximum atomic E-state index is 12.7. The fraction of sp³-hybridized carbons (Fsp3) is 0.294. The summed E-state index contributed by atoms with van der Waals surface area (Å²) in [5.74, 6) is -0.771. The molecule has 28 heavy (non-hydrogen) atoms. The average Bonchev–Trinajstić information content (AvgIpc) is 3.10. The number of anilines is 1. The maximum Gasteiger partial charge on any atom is 0.387 e. The van der Waals surface area contributed by atoms with Gasteiger partial charge in [0.05, 0.1) is 12.0 Å². The largest absolute Gasteiger partial charge is 0.433 e. The number of alkyl halides is 2. The van der Waals surface area contributed by atoms with Gasteiger partial charge in [-0.15, -0.1) is 0 Å². The molecule has 11 heteroatoms. The van der Waals surface area contributed by atoms with Gasteiger partial charge < -0.3 is 14.6 Å². The minimum Gasteiger partial charge on any atom is -0.433 e. The van der Waals surface area contributed by atoms with E-state index in [-0.39, 0.29) is 22.6 Å². The van der Waals surface area contributed by atoms with Crippen LogP contribution in [-0.4, -0.2) is 31.2 Å². The van der Waals surface area contributed by atoms with Crippen LogP contribution in [0, 0.1) is 0 Å². The van der Waals surface area contributed by atoms with Crippen molar-refractivity contribution < 1.29 is 18.3 Å². The van der Waals surface area contributed by atoms with Crippen molar-refractivity contribution in [3.63, 3.8) is 0 Å². The molecule has 0 saturated heterocycles. The zero-order chi connectivity index (χ0) is 20.6. The molecule has 9 nitrogen and oxygen atoms in total. The van der Waals surface area contributed by atoms with Gasteiger partial charge in [-0.25, -0.2) is 9.78 Å². The van der Waals surface area contributed by atoms with Gasteiger partial charge in [-0.2, -0.15) is 8.78 Å². The van der Waals surface area contributed by atoms with E-state index in [1.165, 1.54) is 54.7 Å². The predicted octanol–water partition coefficient (Wildman–Crippen LogP) is 1.23. The third kappa shape index (κ3) is 3.26. The van der Waals surface area contributed by atoms with Gasteiger partial charge in [0.2, 0.25) is 5.91 Å². The lowest BCUT2D eigenvalue weighted by atomic mass is 10.2. The van der Waals surface area contributed by atoms with E-state index >= 15 is 0 Å². The van der Waals surface area contributed by atoms with E-state index in [0.29, 0.717) is 0 Å².